The summed E-state index contributed by atoms with van der Waals surface area (Å²) in [7, 11) is 3.17. The van der Waals surface area contributed by atoms with Crippen LogP contribution in [0.2, 0.25) is 0 Å². The van der Waals surface area contributed by atoms with Gasteiger partial charge in [0, 0.05) is 11.1 Å². The number of carbonyl (C=O) groups is 1. The van der Waals surface area contributed by atoms with Crippen LogP contribution in [0.15, 0.2) is 43.0 Å². The Balaban J connectivity index is 2.84. The second kappa shape index (κ2) is 6.94. The zero-order valence-corrected chi connectivity index (χ0v) is 13.2. The molecule has 0 radical (unpaired) electrons. The molecule has 0 aliphatic heterocycles. The molecule has 0 amide bonds. The molecule has 0 N–H and O–H groups in total. The minimum atomic E-state index is 0.535. The van der Waals surface area contributed by atoms with Gasteiger partial charge in [-0.3, -0.25) is 4.79 Å². The van der Waals surface area contributed by atoms with Crippen molar-refractivity contribution in [2.45, 2.75) is 13.3 Å². The molecule has 0 atom stereocenters. The fraction of sp³-hybridized carbons (Fsp3) is 0.211. The van der Waals surface area contributed by atoms with Crippen molar-refractivity contribution in [1.29, 1.82) is 0 Å². The maximum absolute atomic E-state index is 11.7. The zero-order chi connectivity index (χ0) is 16.1. The van der Waals surface area contributed by atoms with Crippen molar-refractivity contribution >= 4 is 6.29 Å². The van der Waals surface area contributed by atoms with Gasteiger partial charge in [-0.25, -0.2) is 0 Å². The highest BCUT2D eigenvalue weighted by Crippen LogP contribution is 2.40. The summed E-state index contributed by atoms with van der Waals surface area (Å²) in [5.74, 6) is 1.20. The van der Waals surface area contributed by atoms with Crippen molar-refractivity contribution in [1.82, 2.24) is 0 Å². The van der Waals surface area contributed by atoms with Crippen LogP contribution in [0.5, 0.6) is 11.5 Å². The molecule has 0 saturated heterocycles. The van der Waals surface area contributed by atoms with E-state index in [-0.39, 0.29) is 0 Å². The summed E-state index contributed by atoms with van der Waals surface area (Å²) in [6, 6.07) is 9.82. The molecule has 22 heavy (non-hydrogen) atoms. The second-order valence-electron chi connectivity index (χ2n) is 4.98. The fourth-order valence-electron chi connectivity index (χ4n) is 2.66. The van der Waals surface area contributed by atoms with Crippen molar-refractivity contribution in [2.24, 2.45) is 0 Å². The highest BCUT2D eigenvalue weighted by molar-refractivity contribution is 5.92. The molecular formula is C19H20O3. The Hall–Kier alpha value is -2.55. The molecule has 0 saturated carbocycles. The van der Waals surface area contributed by atoms with E-state index in [4.69, 9.17) is 9.47 Å². The van der Waals surface area contributed by atoms with Crippen LogP contribution in [0.3, 0.4) is 0 Å². The molecule has 0 heterocycles. The van der Waals surface area contributed by atoms with E-state index in [0.717, 1.165) is 28.5 Å². The summed E-state index contributed by atoms with van der Waals surface area (Å²) in [6.07, 6.45) is 3.17. The van der Waals surface area contributed by atoms with E-state index in [1.54, 1.807) is 20.3 Å². The standard InChI is InChI=1S/C19H20O3/c1-5-8-15-17(12-20)16(11-18(21-3)19(15)22-4)14-10-7-6-9-13(14)2/h5-7,9-12H,1,8H2,2-4H3. The second-order valence-corrected chi connectivity index (χ2v) is 4.98. The fourth-order valence-corrected chi connectivity index (χ4v) is 2.66. The maximum Gasteiger partial charge on any atom is 0.164 e. The van der Waals surface area contributed by atoms with Gasteiger partial charge in [-0.05, 0) is 36.1 Å². The molecule has 0 unspecified atom stereocenters. The smallest absolute Gasteiger partial charge is 0.164 e. The van der Waals surface area contributed by atoms with E-state index in [1.165, 1.54) is 0 Å². The average Bonchev–Trinajstić information content (AvgIpc) is 2.54. The molecule has 0 fully saturated rings. The van der Waals surface area contributed by atoms with Crippen LogP contribution >= 0.6 is 0 Å². The first-order chi connectivity index (χ1) is 10.7. The molecule has 3 heteroatoms. The highest BCUT2D eigenvalue weighted by Gasteiger charge is 2.20. The van der Waals surface area contributed by atoms with Gasteiger partial charge in [0.05, 0.1) is 14.2 Å². The minimum absolute atomic E-state index is 0.535. The van der Waals surface area contributed by atoms with Crippen molar-refractivity contribution in [3.63, 3.8) is 0 Å². The lowest BCUT2D eigenvalue weighted by molar-refractivity contribution is 0.112. The number of allylic oxidation sites excluding steroid dienone is 1. The molecule has 0 spiro atoms. The number of benzene rings is 2. The molecule has 2 aromatic rings. The van der Waals surface area contributed by atoms with Gasteiger partial charge >= 0.3 is 0 Å². The lowest BCUT2D eigenvalue weighted by atomic mass is 9.91. The van der Waals surface area contributed by atoms with Gasteiger partial charge in [0.2, 0.25) is 0 Å². The molecule has 0 aliphatic carbocycles. The zero-order valence-electron chi connectivity index (χ0n) is 13.2. The highest BCUT2D eigenvalue weighted by atomic mass is 16.5. The number of methoxy groups -OCH3 is 2. The molecule has 114 valence electrons. The summed E-state index contributed by atoms with van der Waals surface area (Å²) >= 11 is 0. The SMILES string of the molecule is C=CCc1c(C=O)c(-c2ccccc2C)cc(OC)c1OC. The average molecular weight is 296 g/mol. The van der Waals surface area contributed by atoms with Crippen LogP contribution < -0.4 is 9.47 Å². The number of carbonyl (C=O) groups excluding carboxylic acids is 1. The summed E-state index contributed by atoms with van der Waals surface area (Å²) in [6.45, 7) is 5.79. The normalized spacial score (nSPS) is 10.1. The van der Waals surface area contributed by atoms with E-state index in [0.29, 0.717) is 23.5 Å². The monoisotopic (exact) mass is 296 g/mol. The predicted molar refractivity (Wildman–Crippen MR) is 89.0 cm³/mol. The van der Waals surface area contributed by atoms with Crippen molar-refractivity contribution in [3.05, 3.63) is 59.7 Å². The number of hydrogen-bond acceptors (Lipinski definition) is 3. The summed E-state index contributed by atoms with van der Waals surface area (Å²) in [4.78, 5) is 11.7. The Morgan fingerprint density at radius 3 is 2.41 bits per heavy atom. The van der Waals surface area contributed by atoms with Crippen LogP contribution in [-0.4, -0.2) is 20.5 Å². The van der Waals surface area contributed by atoms with Gasteiger partial charge in [-0.15, -0.1) is 6.58 Å². The van der Waals surface area contributed by atoms with Gasteiger partial charge in [0.1, 0.15) is 0 Å². The Bertz CT molecular complexity index is 702. The molecule has 2 aromatic carbocycles. The van der Waals surface area contributed by atoms with Crippen molar-refractivity contribution in [2.75, 3.05) is 14.2 Å². The van der Waals surface area contributed by atoms with Gasteiger partial charge in [0.25, 0.3) is 0 Å². The molecule has 3 nitrogen and oxygen atoms in total. The largest absolute Gasteiger partial charge is 0.493 e. The third-order valence-corrected chi connectivity index (χ3v) is 3.71. The van der Waals surface area contributed by atoms with Crippen LogP contribution in [0.1, 0.15) is 21.5 Å². The molecule has 0 aliphatic rings. The Labute approximate surface area is 131 Å². The first-order valence-electron chi connectivity index (χ1n) is 7.07. The third kappa shape index (κ3) is 2.75. The van der Waals surface area contributed by atoms with E-state index in [1.807, 2.05) is 37.3 Å². The Morgan fingerprint density at radius 2 is 1.86 bits per heavy atom. The van der Waals surface area contributed by atoms with Crippen LogP contribution in [0.25, 0.3) is 11.1 Å². The van der Waals surface area contributed by atoms with Crippen LogP contribution in [0.4, 0.5) is 0 Å². The molecule has 0 bridgehead atoms. The molecule has 2 rings (SSSR count). The Kier molecular flexibility index (Phi) is 4.99. The molecular weight excluding hydrogens is 276 g/mol. The first-order valence-corrected chi connectivity index (χ1v) is 7.07. The lowest BCUT2D eigenvalue weighted by Gasteiger charge is -2.18. The number of aldehydes is 1. The maximum atomic E-state index is 11.7. The van der Waals surface area contributed by atoms with Crippen LogP contribution in [0, 0.1) is 6.92 Å². The van der Waals surface area contributed by atoms with Gasteiger partial charge in [-0.2, -0.15) is 0 Å². The number of hydrogen-bond donors (Lipinski definition) is 0. The minimum Gasteiger partial charge on any atom is -0.493 e. The Morgan fingerprint density at radius 1 is 1.14 bits per heavy atom. The quantitative estimate of drug-likeness (QED) is 0.591. The first kappa shape index (κ1) is 15.8. The van der Waals surface area contributed by atoms with Crippen molar-refractivity contribution in [3.8, 4) is 22.6 Å². The summed E-state index contributed by atoms with van der Waals surface area (Å²) in [5.41, 5.74) is 4.37. The van der Waals surface area contributed by atoms with Gasteiger partial charge < -0.3 is 9.47 Å². The summed E-state index contributed by atoms with van der Waals surface area (Å²) in [5, 5.41) is 0. The van der Waals surface area contributed by atoms with E-state index in [9.17, 15) is 4.79 Å². The molecule has 0 aromatic heterocycles. The van der Waals surface area contributed by atoms with Gasteiger partial charge in [-0.1, -0.05) is 30.3 Å². The van der Waals surface area contributed by atoms with E-state index >= 15 is 0 Å². The van der Waals surface area contributed by atoms with Crippen LogP contribution in [-0.2, 0) is 6.42 Å². The topological polar surface area (TPSA) is 35.5 Å². The third-order valence-electron chi connectivity index (χ3n) is 3.71. The van der Waals surface area contributed by atoms with Gasteiger partial charge in [0.15, 0.2) is 17.8 Å². The van der Waals surface area contributed by atoms with E-state index in [2.05, 4.69) is 6.58 Å². The predicted octanol–water partition coefficient (Wildman–Crippen LogP) is 4.22. The summed E-state index contributed by atoms with van der Waals surface area (Å²) < 4.78 is 10.9. The lowest BCUT2D eigenvalue weighted by Crippen LogP contribution is -2.03. The number of ether oxygens (including phenoxy) is 2. The number of aryl methyl sites for hydroxylation is 1. The van der Waals surface area contributed by atoms with E-state index < -0.39 is 0 Å². The van der Waals surface area contributed by atoms with Crippen molar-refractivity contribution < 1.29 is 14.3 Å². The number of rotatable bonds is 6.